The average molecular weight is 461 g/mol. The molecule has 2 aromatic carbocycles. The van der Waals surface area contributed by atoms with E-state index in [0.29, 0.717) is 28.6 Å². The molecule has 1 heterocycles. The molecule has 31 heavy (non-hydrogen) atoms. The predicted octanol–water partition coefficient (Wildman–Crippen LogP) is 4.04. The van der Waals surface area contributed by atoms with Gasteiger partial charge < -0.3 is 10.1 Å². The fourth-order valence-corrected chi connectivity index (χ4v) is 3.76. The summed E-state index contributed by atoms with van der Waals surface area (Å²) in [5, 5.41) is 3.13. The molecule has 1 atom stereocenters. The summed E-state index contributed by atoms with van der Waals surface area (Å²) in [6, 6.07) is 14.3. The maximum atomic E-state index is 12.6. The minimum absolute atomic E-state index is 0.00923. The number of nitrogens with zero attached hydrogens (tertiary/aromatic N) is 2. The first-order chi connectivity index (χ1) is 14.8. The van der Waals surface area contributed by atoms with Crippen LogP contribution in [0, 0.1) is 6.92 Å². The molecule has 0 saturated carbocycles. The zero-order valence-corrected chi connectivity index (χ0v) is 18.4. The second kappa shape index (κ2) is 9.76. The van der Waals surface area contributed by atoms with Crippen molar-refractivity contribution in [3.63, 3.8) is 0 Å². The van der Waals surface area contributed by atoms with Gasteiger partial charge in [-0.05, 0) is 55.8 Å². The summed E-state index contributed by atoms with van der Waals surface area (Å²) >= 11 is 6.09. The number of carbonyl (C=O) groups is 1. The summed E-state index contributed by atoms with van der Waals surface area (Å²) in [5.74, 6) is 0.0289. The Balaban J connectivity index is 1.67. The smallest absolute Gasteiger partial charge is 0.265 e. The number of carbonyl (C=O) groups excluding carboxylic acids is 1. The standard InChI is InChI=1S/C21H21ClN4O4S/c1-3-18(30-19-7-5-4-6-17(19)22)20(27)25-15-8-10-16(11-9-15)31(28,29)26-21-23-13-12-14(2)24-21/h4-13,18H,3H2,1-2H3,(H,25,27)(H,23,24,26)/t18-/m0/s1. The highest BCUT2D eigenvalue weighted by Gasteiger charge is 2.20. The zero-order chi connectivity index (χ0) is 22.4. The average Bonchev–Trinajstić information content (AvgIpc) is 2.73. The topological polar surface area (TPSA) is 110 Å². The molecule has 0 spiro atoms. The van der Waals surface area contributed by atoms with Crippen LogP contribution in [-0.4, -0.2) is 30.4 Å². The van der Waals surface area contributed by atoms with Gasteiger partial charge in [-0.1, -0.05) is 30.7 Å². The number of aromatic nitrogens is 2. The molecule has 0 unspecified atom stereocenters. The maximum Gasteiger partial charge on any atom is 0.265 e. The number of nitrogens with one attached hydrogen (secondary N) is 2. The van der Waals surface area contributed by atoms with Gasteiger partial charge >= 0.3 is 0 Å². The lowest BCUT2D eigenvalue weighted by atomic mass is 10.2. The van der Waals surface area contributed by atoms with Crippen molar-refractivity contribution in [3.05, 3.63) is 71.5 Å². The van der Waals surface area contributed by atoms with Gasteiger partial charge in [0.05, 0.1) is 9.92 Å². The van der Waals surface area contributed by atoms with Gasteiger partial charge in [0.25, 0.3) is 15.9 Å². The van der Waals surface area contributed by atoms with Crippen molar-refractivity contribution in [2.45, 2.75) is 31.3 Å². The summed E-state index contributed by atoms with van der Waals surface area (Å²) in [4.78, 5) is 20.5. The Hall–Kier alpha value is -3.17. The number of anilines is 2. The fraction of sp³-hybridized carbons (Fsp3) is 0.190. The number of sulfonamides is 1. The predicted molar refractivity (Wildman–Crippen MR) is 119 cm³/mol. The molecule has 0 fully saturated rings. The Labute approximate surface area is 185 Å². The third-order valence-electron chi connectivity index (χ3n) is 4.22. The van der Waals surface area contributed by atoms with Crippen LogP contribution in [0.1, 0.15) is 19.0 Å². The number of ether oxygens (including phenoxy) is 1. The Bertz CT molecular complexity index is 1170. The fourth-order valence-electron chi connectivity index (χ4n) is 2.63. The van der Waals surface area contributed by atoms with Gasteiger partial charge in [-0.3, -0.25) is 4.79 Å². The van der Waals surface area contributed by atoms with E-state index in [1.807, 2.05) is 6.92 Å². The van der Waals surface area contributed by atoms with Gasteiger partial charge in [0.1, 0.15) is 5.75 Å². The number of benzene rings is 2. The van der Waals surface area contributed by atoms with E-state index in [4.69, 9.17) is 16.3 Å². The van der Waals surface area contributed by atoms with Crippen LogP contribution < -0.4 is 14.8 Å². The molecule has 0 aliphatic carbocycles. The minimum Gasteiger partial charge on any atom is -0.479 e. The Morgan fingerprint density at radius 3 is 2.48 bits per heavy atom. The summed E-state index contributed by atoms with van der Waals surface area (Å²) in [7, 11) is -3.87. The van der Waals surface area contributed by atoms with Crippen LogP contribution in [-0.2, 0) is 14.8 Å². The van der Waals surface area contributed by atoms with Crippen molar-refractivity contribution in [3.8, 4) is 5.75 Å². The number of hydrogen-bond acceptors (Lipinski definition) is 6. The monoisotopic (exact) mass is 460 g/mol. The van der Waals surface area contributed by atoms with Crippen LogP contribution in [0.25, 0.3) is 0 Å². The van der Waals surface area contributed by atoms with E-state index in [1.54, 1.807) is 37.3 Å². The van der Waals surface area contributed by atoms with Gasteiger partial charge in [0.15, 0.2) is 6.10 Å². The van der Waals surface area contributed by atoms with E-state index in [2.05, 4.69) is 20.0 Å². The third kappa shape index (κ3) is 5.93. The summed E-state index contributed by atoms with van der Waals surface area (Å²) in [6.07, 6.45) is 1.13. The molecule has 0 saturated heterocycles. The van der Waals surface area contributed by atoms with Crippen molar-refractivity contribution in [2.75, 3.05) is 10.0 Å². The first kappa shape index (κ1) is 22.5. The second-order valence-electron chi connectivity index (χ2n) is 6.59. The van der Waals surface area contributed by atoms with Crippen molar-refractivity contribution in [1.82, 2.24) is 9.97 Å². The van der Waals surface area contributed by atoms with Crippen molar-refractivity contribution in [1.29, 1.82) is 0 Å². The first-order valence-electron chi connectivity index (χ1n) is 9.43. The molecule has 1 amide bonds. The number of rotatable bonds is 8. The number of hydrogen-bond donors (Lipinski definition) is 2. The van der Waals surface area contributed by atoms with Gasteiger partial charge in [-0.25, -0.2) is 23.1 Å². The van der Waals surface area contributed by atoms with Crippen LogP contribution in [0.2, 0.25) is 5.02 Å². The lowest BCUT2D eigenvalue weighted by Crippen LogP contribution is -2.32. The van der Waals surface area contributed by atoms with Crippen molar-refractivity contribution < 1.29 is 17.9 Å². The quantitative estimate of drug-likeness (QED) is 0.525. The molecule has 0 aliphatic rings. The van der Waals surface area contributed by atoms with Crippen LogP contribution in [0.15, 0.2) is 65.7 Å². The first-order valence-corrected chi connectivity index (χ1v) is 11.3. The van der Waals surface area contributed by atoms with Crippen LogP contribution in [0.4, 0.5) is 11.6 Å². The van der Waals surface area contributed by atoms with Gasteiger partial charge in [0, 0.05) is 17.6 Å². The van der Waals surface area contributed by atoms with Gasteiger partial charge in [-0.15, -0.1) is 0 Å². The molecule has 0 radical (unpaired) electrons. The molecule has 10 heteroatoms. The molecule has 162 valence electrons. The molecular weight excluding hydrogens is 440 g/mol. The molecule has 3 aromatic rings. The van der Waals surface area contributed by atoms with E-state index in [1.165, 1.54) is 30.5 Å². The minimum atomic E-state index is -3.87. The lowest BCUT2D eigenvalue weighted by molar-refractivity contribution is -0.122. The lowest BCUT2D eigenvalue weighted by Gasteiger charge is -2.18. The summed E-state index contributed by atoms with van der Waals surface area (Å²) < 4.78 is 33.1. The van der Waals surface area contributed by atoms with E-state index < -0.39 is 16.1 Å². The van der Waals surface area contributed by atoms with Crippen LogP contribution in [0.3, 0.4) is 0 Å². The van der Waals surface area contributed by atoms with E-state index in [-0.39, 0.29) is 16.8 Å². The van der Waals surface area contributed by atoms with E-state index >= 15 is 0 Å². The normalized spacial score (nSPS) is 12.1. The largest absolute Gasteiger partial charge is 0.479 e. The second-order valence-corrected chi connectivity index (χ2v) is 8.68. The molecule has 3 rings (SSSR count). The molecule has 0 bridgehead atoms. The highest BCUT2D eigenvalue weighted by atomic mass is 35.5. The van der Waals surface area contributed by atoms with E-state index in [0.717, 1.165) is 0 Å². The zero-order valence-electron chi connectivity index (χ0n) is 16.9. The maximum absolute atomic E-state index is 12.6. The molecule has 1 aromatic heterocycles. The Morgan fingerprint density at radius 1 is 1.13 bits per heavy atom. The third-order valence-corrected chi connectivity index (χ3v) is 5.88. The molecule has 0 aliphatic heterocycles. The highest BCUT2D eigenvalue weighted by Crippen LogP contribution is 2.25. The SMILES string of the molecule is CC[C@H](Oc1ccccc1Cl)C(=O)Nc1ccc(S(=O)(=O)Nc2nccc(C)n2)cc1. The van der Waals surface area contributed by atoms with Gasteiger partial charge in [0.2, 0.25) is 5.95 Å². The van der Waals surface area contributed by atoms with Crippen LogP contribution in [0.5, 0.6) is 5.75 Å². The number of para-hydroxylation sites is 1. The summed E-state index contributed by atoms with van der Waals surface area (Å²) in [6.45, 7) is 3.55. The molecular formula is C21H21ClN4O4S. The van der Waals surface area contributed by atoms with Crippen molar-refractivity contribution >= 4 is 39.2 Å². The number of halogens is 1. The molecule has 8 nitrogen and oxygen atoms in total. The number of aryl methyl sites for hydroxylation is 1. The number of amides is 1. The van der Waals surface area contributed by atoms with E-state index in [9.17, 15) is 13.2 Å². The van der Waals surface area contributed by atoms with Gasteiger partial charge in [-0.2, -0.15) is 0 Å². The Kier molecular flexibility index (Phi) is 7.09. The highest BCUT2D eigenvalue weighted by molar-refractivity contribution is 7.92. The Morgan fingerprint density at radius 2 is 1.84 bits per heavy atom. The van der Waals surface area contributed by atoms with Crippen molar-refractivity contribution in [2.24, 2.45) is 0 Å². The summed E-state index contributed by atoms with van der Waals surface area (Å²) in [5.41, 5.74) is 1.06. The molecule has 2 N–H and O–H groups in total. The van der Waals surface area contributed by atoms with Crippen LogP contribution >= 0.6 is 11.6 Å².